The van der Waals surface area contributed by atoms with Gasteiger partial charge in [0.25, 0.3) is 0 Å². The molecule has 0 unspecified atom stereocenters. The van der Waals surface area contributed by atoms with Crippen LogP contribution in [0.4, 0.5) is 0 Å². The summed E-state index contributed by atoms with van der Waals surface area (Å²) < 4.78 is 7.94. The van der Waals surface area contributed by atoms with Gasteiger partial charge in [-0.2, -0.15) is 0 Å². The highest BCUT2D eigenvalue weighted by atomic mass is 16.5. The van der Waals surface area contributed by atoms with Crippen LogP contribution in [0.15, 0.2) is 48.8 Å². The van der Waals surface area contributed by atoms with Crippen molar-refractivity contribution >= 4 is 11.0 Å². The van der Waals surface area contributed by atoms with Gasteiger partial charge in [0.15, 0.2) is 0 Å². The molecule has 102 valence electrons. The van der Waals surface area contributed by atoms with E-state index in [0.29, 0.717) is 6.61 Å². The molecular weight excluding hydrogens is 248 g/mol. The summed E-state index contributed by atoms with van der Waals surface area (Å²) in [6.45, 7) is 5.65. The molecule has 3 rings (SSSR count). The Labute approximate surface area is 118 Å². The average Bonchev–Trinajstić information content (AvgIpc) is 2.86. The number of nitrogens with zero attached hydrogens (tertiary/aromatic N) is 2. The number of rotatable bonds is 4. The normalized spacial score (nSPS) is 10.9. The maximum atomic E-state index is 5.82. The van der Waals surface area contributed by atoms with Gasteiger partial charge < -0.3 is 9.30 Å². The van der Waals surface area contributed by atoms with Crippen LogP contribution in [-0.4, -0.2) is 16.2 Å². The molecule has 0 spiro atoms. The molecule has 0 aliphatic carbocycles. The van der Waals surface area contributed by atoms with Gasteiger partial charge in [0.2, 0.25) is 0 Å². The Morgan fingerprint density at radius 2 is 1.90 bits per heavy atom. The minimum Gasteiger partial charge on any atom is -0.492 e. The van der Waals surface area contributed by atoms with Crippen LogP contribution in [-0.2, 0) is 6.54 Å². The molecule has 0 N–H and O–H groups in total. The first-order valence-electron chi connectivity index (χ1n) is 6.84. The van der Waals surface area contributed by atoms with Crippen LogP contribution in [0.1, 0.15) is 11.1 Å². The first-order valence-corrected chi connectivity index (χ1v) is 6.84. The molecule has 2 aromatic carbocycles. The fraction of sp³-hybridized carbons (Fsp3) is 0.235. The number of aryl methyl sites for hydroxylation is 2. The molecular formula is C17H18N2O. The molecule has 0 saturated carbocycles. The lowest BCUT2D eigenvalue weighted by Gasteiger charge is -2.09. The number of aromatic nitrogens is 2. The number of fused-ring (bicyclic) bond motifs is 1. The molecule has 0 aliphatic heterocycles. The first kappa shape index (κ1) is 12.7. The fourth-order valence-electron chi connectivity index (χ4n) is 2.25. The third-order valence-corrected chi connectivity index (χ3v) is 3.61. The zero-order chi connectivity index (χ0) is 13.9. The van der Waals surface area contributed by atoms with E-state index in [2.05, 4.69) is 41.6 Å². The van der Waals surface area contributed by atoms with Gasteiger partial charge in [-0.15, -0.1) is 0 Å². The summed E-state index contributed by atoms with van der Waals surface area (Å²) in [7, 11) is 0. The van der Waals surface area contributed by atoms with Crippen molar-refractivity contribution in [1.29, 1.82) is 0 Å². The van der Waals surface area contributed by atoms with Crippen molar-refractivity contribution in [2.75, 3.05) is 6.61 Å². The van der Waals surface area contributed by atoms with E-state index < -0.39 is 0 Å². The second-order valence-electron chi connectivity index (χ2n) is 5.02. The molecule has 0 fully saturated rings. The lowest BCUT2D eigenvalue weighted by molar-refractivity contribution is 0.300. The van der Waals surface area contributed by atoms with Crippen LogP contribution in [0, 0.1) is 13.8 Å². The molecule has 0 amide bonds. The quantitative estimate of drug-likeness (QED) is 0.719. The molecule has 1 aromatic heterocycles. The maximum absolute atomic E-state index is 5.82. The topological polar surface area (TPSA) is 27.1 Å². The van der Waals surface area contributed by atoms with Gasteiger partial charge in [0, 0.05) is 0 Å². The van der Waals surface area contributed by atoms with Crippen LogP contribution >= 0.6 is 0 Å². The number of ether oxygens (including phenoxy) is 1. The number of hydrogen-bond acceptors (Lipinski definition) is 2. The maximum Gasteiger partial charge on any atom is 0.119 e. The highest BCUT2D eigenvalue weighted by Crippen LogP contribution is 2.17. The van der Waals surface area contributed by atoms with Crippen molar-refractivity contribution in [2.24, 2.45) is 0 Å². The highest BCUT2D eigenvalue weighted by Gasteiger charge is 2.02. The van der Waals surface area contributed by atoms with Gasteiger partial charge in [-0.1, -0.05) is 18.2 Å². The van der Waals surface area contributed by atoms with Crippen molar-refractivity contribution in [3.8, 4) is 5.75 Å². The first-order chi connectivity index (χ1) is 9.74. The van der Waals surface area contributed by atoms with E-state index >= 15 is 0 Å². The predicted molar refractivity (Wildman–Crippen MR) is 81.1 cm³/mol. The van der Waals surface area contributed by atoms with Crippen LogP contribution in [0.5, 0.6) is 5.75 Å². The molecule has 0 aliphatic rings. The smallest absolute Gasteiger partial charge is 0.119 e. The highest BCUT2D eigenvalue weighted by molar-refractivity contribution is 5.74. The minimum atomic E-state index is 0.642. The number of imidazole rings is 1. The van der Waals surface area contributed by atoms with Crippen molar-refractivity contribution < 1.29 is 4.74 Å². The third-order valence-electron chi connectivity index (χ3n) is 3.61. The minimum absolute atomic E-state index is 0.642. The third kappa shape index (κ3) is 2.52. The van der Waals surface area contributed by atoms with Gasteiger partial charge in [-0.05, 0) is 49.2 Å². The fourth-order valence-corrected chi connectivity index (χ4v) is 2.25. The molecule has 3 aromatic rings. The van der Waals surface area contributed by atoms with E-state index in [-0.39, 0.29) is 0 Å². The summed E-state index contributed by atoms with van der Waals surface area (Å²) in [5.41, 5.74) is 4.73. The van der Waals surface area contributed by atoms with E-state index in [4.69, 9.17) is 4.74 Å². The van der Waals surface area contributed by atoms with Crippen LogP contribution < -0.4 is 4.74 Å². The van der Waals surface area contributed by atoms with Gasteiger partial charge in [0.05, 0.1) is 23.9 Å². The lowest BCUT2D eigenvalue weighted by Crippen LogP contribution is -2.07. The summed E-state index contributed by atoms with van der Waals surface area (Å²) in [5, 5.41) is 0. The summed E-state index contributed by atoms with van der Waals surface area (Å²) in [6, 6.07) is 14.3. The van der Waals surface area contributed by atoms with E-state index in [1.165, 1.54) is 11.1 Å². The van der Waals surface area contributed by atoms with E-state index in [1.54, 1.807) is 0 Å². The van der Waals surface area contributed by atoms with E-state index in [1.807, 2.05) is 30.6 Å². The molecule has 3 nitrogen and oxygen atoms in total. The molecule has 0 saturated heterocycles. The van der Waals surface area contributed by atoms with Gasteiger partial charge in [0.1, 0.15) is 12.4 Å². The molecule has 0 bridgehead atoms. The van der Waals surface area contributed by atoms with Crippen molar-refractivity contribution in [3.63, 3.8) is 0 Å². The van der Waals surface area contributed by atoms with Crippen LogP contribution in [0.25, 0.3) is 11.0 Å². The molecule has 0 atom stereocenters. The Kier molecular flexibility index (Phi) is 3.42. The summed E-state index contributed by atoms with van der Waals surface area (Å²) in [4.78, 5) is 4.38. The SMILES string of the molecule is Cc1ccc(OCCn2cnc3ccccc32)cc1C. The molecule has 1 heterocycles. The summed E-state index contributed by atoms with van der Waals surface area (Å²) in [6.07, 6.45) is 1.87. The molecule has 20 heavy (non-hydrogen) atoms. The Morgan fingerprint density at radius 3 is 2.75 bits per heavy atom. The van der Waals surface area contributed by atoms with Gasteiger partial charge in [-0.25, -0.2) is 4.98 Å². The number of hydrogen-bond donors (Lipinski definition) is 0. The number of benzene rings is 2. The van der Waals surface area contributed by atoms with Gasteiger partial charge in [-0.3, -0.25) is 0 Å². The average molecular weight is 266 g/mol. The monoisotopic (exact) mass is 266 g/mol. The Bertz CT molecular complexity index is 731. The summed E-state index contributed by atoms with van der Waals surface area (Å²) in [5.74, 6) is 0.928. The second-order valence-corrected chi connectivity index (χ2v) is 5.02. The summed E-state index contributed by atoms with van der Waals surface area (Å²) >= 11 is 0. The predicted octanol–water partition coefficient (Wildman–Crippen LogP) is 3.73. The zero-order valence-electron chi connectivity index (χ0n) is 11.8. The zero-order valence-corrected chi connectivity index (χ0v) is 11.8. The van der Waals surface area contributed by atoms with Crippen molar-refractivity contribution in [1.82, 2.24) is 9.55 Å². The van der Waals surface area contributed by atoms with Crippen molar-refractivity contribution in [2.45, 2.75) is 20.4 Å². The molecule has 3 heteroatoms. The lowest BCUT2D eigenvalue weighted by atomic mass is 10.1. The Morgan fingerprint density at radius 1 is 1.05 bits per heavy atom. The molecule has 0 radical (unpaired) electrons. The second kappa shape index (κ2) is 5.37. The number of para-hydroxylation sites is 2. The largest absolute Gasteiger partial charge is 0.492 e. The Hall–Kier alpha value is -2.29. The standard InChI is InChI=1S/C17H18N2O/c1-13-7-8-15(11-14(13)2)20-10-9-19-12-18-16-5-3-4-6-17(16)19/h3-8,11-12H,9-10H2,1-2H3. The Balaban J connectivity index is 1.66. The van der Waals surface area contributed by atoms with Crippen LogP contribution in [0.3, 0.4) is 0 Å². The van der Waals surface area contributed by atoms with Gasteiger partial charge >= 0.3 is 0 Å². The van der Waals surface area contributed by atoms with E-state index in [9.17, 15) is 0 Å². The van der Waals surface area contributed by atoms with E-state index in [0.717, 1.165) is 23.3 Å². The van der Waals surface area contributed by atoms with Crippen LogP contribution in [0.2, 0.25) is 0 Å². The van der Waals surface area contributed by atoms with Crippen molar-refractivity contribution in [3.05, 3.63) is 59.9 Å².